The average Bonchev–Trinajstić information content (AvgIpc) is 2.68. The number of benzene rings is 2. The highest BCUT2D eigenvalue weighted by atomic mass is 35.5. The molecule has 0 heterocycles. The Hall–Kier alpha value is -1.69. The molecular weight excluding hydrogens is 427 g/mol. The fraction of sp³-hybridized carbons (Fsp3) is 0.364. The van der Waals surface area contributed by atoms with Crippen LogP contribution in [0.1, 0.15) is 30.5 Å². The van der Waals surface area contributed by atoms with Gasteiger partial charge in [0.15, 0.2) is 0 Å². The molecule has 7 heteroatoms. The van der Waals surface area contributed by atoms with Gasteiger partial charge in [0.25, 0.3) is 0 Å². The third-order valence-corrected chi connectivity index (χ3v) is 6.06. The molecule has 0 saturated heterocycles. The van der Waals surface area contributed by atoms with E-state index in [0.29, 0.717) is 16.6 Å². The van der Waals surface area contributed by atoms with Crippen LogP contribution in [0.4, 0.5) is 0 Å². The summed E-state index contributed by atoms with van der Waals surface area (Å²) in [5.74, 6) is 0.723. The standard InChI is InChI=1S/C22H26Cl2N2O2S/c1-4-25-22(28)16(3)26(12-18-9-10-19(23)11-20(18)24)21(27)14-29-13-17-7-5-15(2)6-8-17/h5-11,16H,4,12-14H2,1-3H3,(H,25,28). The van der Waals surface area contributed by atoms with Gasteiger partial charge in [-0.1, -0.05) is 59.1 Å². The van der Waals surface area contributed by atoms with Crippen molar-refractivity contribution in [1.82, 2.24) is 10.2 Å². The molecular formula is C22H26Cl2N2O2S. The lowest BCUT2D eigenvalue weighted by molar-refractivity contribution is -0.138. The molecule has 156 valence electrons. The highest BCUT2D eigenvalue weighted by molar-refractivity contribution is 7.99. The summed E-state index contributed by atoms with van der Waals surface area (Å²) in [5, 5.41) is 3.79. The topological polar surface area (TPSA) is 49.4 Å². The second kappa shape index (κ2) is 11.5. The van der Waals surface area contributed by atoms with Crippen LogP contribution in [-0.4, -0.2) is 35.1 Å². The molecule has 29 heavy (non-hydrogen) atoms. The summed E-state index contributed by atoms with van der Waals surface area (Å²) in [4.78, 5) is 26.9. The number of aryl methyl sites for hydroxylation is 1. The van der Waals surface area contributed by atoms with Gasteiger partial charge in [-0.05, 0) is 44.0 Å². The fourth-order valence-electron chi connectivity index (χ4n) is 2.76. The van der Waals surface area contributed by atoms with E-state index in [4.69, 9.17) is 23.2 Å². The molecule has 0 aliphatic carbocycles. The Balaban J connectivity index is 2.09. The molecule has 0 radical (unpaired) electrons. The second-order valence-electron chi connectivity index (χ2n) is 6.81. The number of nitrogens with one attached hydrogen (secondary N) is 1. The number of hydrogen-bond acceptors (Lipinski definition) is 3. The molecule has 0 spiro atoms. The molecule has 0 fully saturated rings. The monoisotopic (exact) mass is 452 g/mol. The van der Waals surface area contributed by atoms with Gasteiger partial charge in [-0.3, -0.25) is 9.59 Å². The zero-order chi connectivity index (χ0) is 21.4. The molecule has 0 aromatic heterocycles. The maximum atomic E-state index is 13.0. The van der Waals surface area contributed by atoms with Crippen LogP contribution in [0.5, 0.6) is 0 Å². The summed E-state index contributed by atoms with van der Waals surface area (Å²) in [6.45, 7) is 6.39. The van der Waals surface area contributed by atoms with Crippen molar-refractivity contribution in [3.8, 4) is 0 Å². The predicted octanol–water partition coefficient (Wildman–Crippen LogP) is 5.09. The van der Waals surface area contributed by atoms with E-state index in [0.717, 1.165) is 16.9 Å². The van der Waals surface area contributed by atoms with Crippen molar-refractivity contribution < 1.29 is 9.59 Å². The smallest absolute Gasteiger partial charge is 0.242 e. The predicted molar refractivity (Wildman–Crippen MR) is 122 cm³/mol. The largest absolute Gasteiger partial charge is 0.355 e. The lowest BCUT2D eigenvalue weighted by Gasteiger charge is -2.29. The number of thioether (sulfide) groups is 1. The first kappa shape index (κ1) is 23.6. The average molecular weight is 453 g/mol. The maximum Gasteiger partial charge on any atom is 0.242 e. The molecule has 2 rings (SSSR count). The van der Waals surface area contributed by atoms with Crippen LogP contribution in [0.25, 0.3) is 0 Å². The van der Waals surface area contributed by atoms with E-state index in [9.17, 15) is 9.59 Å². The molecule has 0 aliphatic rings. The quantitative estimate of drug-likeness (QED) is 0.576. The Morgan fingerprint density at radius 1 is 1.14 bits per heavy atom. The first-order chi connectivity index (χ1) is 13.8. The van der Waals surface area contributed by atoms with E-state index in [2.05, 4.69) is 29.6 Å². The molecule has 2 aromatic carbocycles. The number of hydrogen-bond donors (Lipinski definition) is 1. The van der Waals surface area contributed by atoms with Crippen LogP contribution >= 0.6 is 35.0 Å². The fourth-order valence-corrected chi connectivity index (χ4v) is 4.10. The van der Waals surface area contributed by atoms with Gasteiger partial charge in [0.05, 0.1) is 5.75 Å². The lowest BCUT2D eigenvalue weighted by atomic mass is 10.1. The summed E-state index contributed by atoms with van der Waals surface area (Å²) >= 11 is 13.8. The molecule has 2 amide bonds. The van der Waals surface area contributed by atoms with Crippen molar-refractivity contribution in [2.45, 2.75) is 39.1 Å². The van der Waals surface area contributed by atoms with Gasteiger partial charge in [-0.15, -0.1) is 11.8 Å². The Labute approximate surface area is 187 Å². The van der Waals surface area contributed by atoms with E-state index in [-0.39, 0.29) is 24.1 Å². The number of nitrogens with zero attached hydrogens (tertiary/aromatic N) is 1. The van der Waals surface area contributed by atoms with Crippen molar-refractivity contribution in [2.24, 2.45) is 0 Å². The van der Waals surface area contributed by atoms with Crippen molar-refractivity contribution in [2.75, 3.05) is 12.3 Å². The third kappa shape index (κ3) is 7.25. The minimum Gasteiger partial charge on any atom is -0.355 e. The minimum absolute atomic E-state index is 0.105. The van der Waals surface area contributed by atoms with E-state index in [1.165, 1.54) is 17.3 Å². The first-order valence-corrected chi connectivity index (χ1v) is 11.4. The van der Waals surface area contributed by atoms with Gasteiger partial charge in [0.2, 0.25) is 11.8 Å². The van der Waals surface area contributed by atoms with Crippen LogP contribution in [0.2, 0.25) is 10.0 Å². The highest BCUT2D eigenvalue weighted by Gasteiger charge is 2.26. The number of halogens is 2. The van der Waals surface area contributed by atoms with Gasteiger partial charge in [0, 0.05) is 28.9 Å². The normalized spacial score (nSPS) is 11.8. The molecule has 1 atom stereocenters. The Kier molecular flexibility index (Phi) is 9.34. The molecule has 0 aliphatic heterocycles. The Morgan fingerprint density at radius 3 is 2.45 bits per heavy atom. The van der Waals surface area contributed by atoms with Crippen LogP contribution in [0.15, 0.2) is 42.5 Å². The zero-order valence-electron chi connectivity index (χ0n) is 16.9. The SMILES string of the molecule is CCNC(=O)C(C)N(Cc1ccc(Cl)cc1Cl)C(=O)CSCc1ccc(C)cc1. The summed E-state index contributed by atoms with van der Waals surface area (Å²) in [7, 11) is 0. The molecule has 1 N–H and O–H groups in total. The van der Waals surface area contributed by atoms with E-state index in [1.807, 2.05) is 13.8 Å². The summed E-state index contributed by atoms with van der Waals surface area (Å²) in [6, 6.07) is 12.8. The van der Waals surface area contributed by atoms with Gasteiger partial charge in [0.1, 0.15) is 6.04 Å². The van der Waals surface area contributed by atoms with Crippen molar-refractivity contribution in [3.05, 3.63) is 69.2 Å². The summed E-state index contributed by atoms with van der Waals surface area (Å²) in [6.07, 6.45) is 0. The number of likely N-dealkylation sites (N-methyl/N-ethyl adjacent to an activating group) is 1. The Morgan fingerprint density at radius 2 is 1.83 bits per heavy atom. The van der Waals surface area contributed by atoms with Crippen LogP contribution in [0, 0.1) is 6.92 Å². The lowest BCUT2D eigenvalue weighted by Crippen LogP contribution is -2.48. The summed E-state index contributed by atoms with van der Waals surface area (Å²) in [5.41, 5.74) is 3.12. The number of rotatable bonds is 9. The van der Waals surface area contributed by atoms with Gasteiger partial charge in [-0.2, -0.15) is 0 Å². The highest BCUT2D eigenvalue weighted by Crippen LogP contribution is 2.24. The van der Waals surface area contributed by atoms with E-state index >= 15 is 0 Å². The van der Waals surface area contributed by atoms with Crippen LogP contribution in [0.3, 0.4) is 0 Å². The molecule has 0 bridgehead atoms. The van der Waals surface area contributed by atoms with Crippen LogP contribution < -0.4 is 5.32 Å². The summed E-state index contributed by atoms with van der Waals surface area (Å²) < 4.78 is 0. The van der Waals surface area contributed by atoms with Gasteiger partial charge < -0.3 is 10.2 Å². The van der Waals surface area contributed by atoms with Gasteiger partial charge >= 0.3 is 0 Å². The minimum atomic E-state index is -0.603. The van der Waals surface area contributed by atoms with Crippen molar-refractivity contribution in [1.29, 1.82) is 0 Å². The number of carbonyl (C=O) groups is 2. The zero-order valence-corrected chi connectivity index (χ0v) is 19.2. The van der Waals surface area contributed by atoms with Crippen molar-refractivity contribution >= 4 is 46.8 Å². The molecule has 4 nitrogen and oxygen atoms in total. The van der Waals surface area contributed by atoms with E-state index in [1.54, 1.807) is 30.0 Å². The Bertz CT molecular complexity index is 843. The number of carbonyl (C=O) groups excluding carboxylic acids is 2. The molecule has 0 saturated carbocycles. The molecule has 2 aromatic rings. The first-order valence-electron chi connectivity index (χ1n) is 9.46. The second-order valence-corrected chi connectivity index (χ2v) is 8.64. The van der Waals surface area contributed by atoms with Gasteiger partial charge in [-0.25, -0.2) is 0 Å². The van der Waals surface area contributed by atoms with Crippen LogP contribution in [-0.2, 0) is 21.9 Å². The van der Waals surface area contributed by atoms with Crippen molar-refractivity contribution in [3.63, 3.8) is 0 Å². The third-order valence-electron chi connectivity index (χ3n) is 4.49. The number of amides is 2. The van der Waals surface area contributed by atoms with E-state index < -0.39 is 6.04 Å². The maximum absolute atomic E-state index is 13.0. The molecule has 1 unspecified atom stereocenters.